The first-order valence-corrected chi connectivity index (χ1v) is 8.42. The van der Waals surface area contributed by atoms with Gasteiger partial charge in [0.25, 0.3) is 5.56 Å². The average Bonchev–Trinajstić information content (AvgIpc) is 2.55. The van der Waals surface area contributed by atoms with E-state index in [9.17, 15) is 14.4 Å². The first kappa shape index (κ1) is 17.0. The summed E-state index contributed by atoms with van der Waals surface area (Å²) in [7, 11) is 0. The number of esters is 1. The molecule has 0 saturated carbocycles. The van der Waals surface area contributed by atoms with Crippen molar-refractivity contribution >= 4 is 33.2 Å². The number of fused-ring (bicyclic) bond motifs is 1. The maximum atomic E-state index is 12.3. The number of Topliss-reactive ketones (excluding diaryl/α,β-unsaturated/α-hetero) is 1. The van der Waals surface area contributed by atoms with Crippen molar-refractivity contribution in [1.82, 2.24) is 4.98 Å². The van der Waals surface area contributed by atoms with Crippen LogP contribution in [-0.4, -0.2) is 16.7 Å². The molecule has 0 bridgehead atoms. The van der Waals surface area contributed by atoms with E-state index in [1.165, 1.54) is 31.3 Å². The number of carbonyl (C=O) groups excluding carboxylic acids is 2. The summed E-state index contributed by atoms with van der Waals surface area (Å²) in [4.78, 5) is 39.8. The molecule has 0 atom stereocenters. The van der Waals surface area contributed by atoms with E-state index in [-0.39, 0.29) is 11.3 Å². The monoisotopic (exact) mass is 353 g/mol. The second-order valence-corrected chi connectivity index (χ2v) is 6.66. The van der Waals surface area contributed by atoms with Crippen LogP contribution in [0.3, 0.4) is 0 Å². The molecule has 0 N–H and O–H groups in total. The third-order valence-electron chi connectivity index (χ3n) is 3.71. The lowest BCUT2D eigenvalue weighted by atomic mass is 10.0. The summed E-state index contributed by atoms with van der Waals surface area (Å²) < 4.78 is 5.95. The largest absolute Gasteiger partial charge is 0.426 e. The molecule has 0 spiro atoms. The van der Waals surface area contributed by atoms with Gasteiger partial charge in [-0.05, 0) is 43.7 Å². The van der Waals surface area contributed by atoms with E-state index < -0.39 is 5.97 Å². The van der Waals surface area contributed by atoms with Crippen LogP contribution in [-0.2, 0) is 4.79 Å². The minimum atomic E-state index is -0.459. The van der Waals surface area contributed by atoms with Crippen LogP contribution in [0.15, 0.2) is 41.2 Å². The van der Waals surface area contributed by atoms with Gasteiger partial charge in [0.15, 0.2) is 5.78 Å². The van der Waals surface area contributed by atoms with Gasteiger partial charge in [-0.1, -0.05) is 12.1 Å². The zero-order chi connectivity index (χ0) is 18.1. The minimum absolute atomic E-state index is 0.196. The molecule has 0 aliphatic rings. The van der Waals surface area contributed by atoms with Gasteiger partial charge < -0.3 is 4.74 Å². The fraction of sp³-hybridized carbons (Fsp3) is 0.158. The highest BCUT2D eigenvalue weighted by molar-refractivity contribution is 7.21. The molecule has 0 unspecified atom stereocenters. The molecule has 1 heterocycles. The van der Waals surface area contributed by atoms with Crippen LogP contribution in [0.4, 0.5) is 0 Å². The second-order valence-electron chi connectivity index (χ2n) is 5.63. The number of ketones is 1. The molecular weight excluding hydrogens is 338 g/mol. The molecule has 2 aromatic carbocycles. The molecule has 0 saturated heterocycles. The normalized spacial score (nSPS) is 10.7. The Morgan fingerprint density at radius 1 is 1.12 bits per heavy atom. The highest BCUT2D eigenvalue weighted by atomic mass is 32.1. The molecule has 3 aromatic rings. The van der Waals surface area contributed by atoms with Gasteiger partial charge in [-0.3, -0.25) is 14.4 Å². The fourth-order valence-electron chi connectivity index (χ4n) is 2.55. The minimum Gasteiger partial charge on any atom is -0.426 e. The Kier molecular flexibility index (Phi) is 4.46. The fourth-order valence-corrected chi connectivity index (χ4v) is 3.58. The summed E-state index contributed by atoms with van der Waals surface area (Å²) in [6.45, 7) is 4.50. The predicted octanol–water partition coefficient (Wildman–Crippen LogP) is 3.76. The van der Waals surface area contributed by atoms with Crippen molar-refractivity contribution in [2.75, 3.05) is 0 Å². The molecule has 0 radical (unpaired) electrons. The van der Waals surface area contributed by atoms with Gasteiger partial charge in [-0.2, -0.15) is 4.98 Å². The van der Waals surface area contributed by atoms with E-state index in [2.05, 4.69) is 4.98 Å². The van der Waals surface area contributed by atoms with Crippen LogP contribution >= 0.6 is 11.3 Å². The van der Waals surface area contributed by atoms with Crippen molar-refractivity contribution in [2.24, 2.45) is 0 Å². The summed E-state index contributed by atoms with van der Waals surface area (Å²) in [6, 6.07) is 10.5. The van der Waals surface area contributed by atoms with Gasteiger partial charge in [0.2, 0.25) is 0 Å². The van der Waals surface area contributed by atoms with Crippen LogP contribution < -0.4 is 10.3 Å². The van der Waals surface area contributed by atoms with Gasteiger partial charge >= 0.3 is 5.97 Å². The lowest BCUT2D eigenvalue weighted by molar-refractivity contribution is -0.131. The Bertz CT molecular complexity index is 1070. The molecule has 126 valence electrons. The van der Waals surface area contributed by atoms with Crippen molar-refractivity contribution in [1.29, 1.82) is 0 Å². The molecule has 0 fully saturated rings. The number of rotatable bonds is 3. The molecule has 3 rings (SSSR count). The Morgan fingerprint density at radius 3 is 2.52 bits per heavy atom. The van der Waals surface area contributed by atoms with E-state index in [1.807, 2.05) is 12.1 Å². The van der Waals surface area contributed by atoms with Crippen molar-refractivity contribution in [3.63, 3.8) is 0 Å². The average molecular weight is 353 g/mol. The van der Waals surface area contributed by atoms with Crippen molar-refractivity contribution in [2.45, 2.75) is 20.8 Å². The third kappa shape index (κ3) is 3.34. The van der Waals surface area contributed by atoms with Crippen LogP contribution in [0, 0.1) is 6.92 Å². The molecule has 0 aliphatic heterocycles. The molecule has 0 amide bonds. The zero-order valence-electron chi connectivity index (χ0n) is 14.0. The number of hydrogen-bond donors (Lipinski definition) is 0. The number of ether oxygens (including phenoxy) is 1. The topological polar surface area (TPSA) is 73.3 Å². The van der Waals surface area contributed by atoms with E-state index in [0.717, 1.165) is 4.70 Å². The molecule has 5 nitrogen and oxygen atoms in total. The maximum absolute atomic E-state index is 12.3. The van der Waals surface area contributed by atoms with Gasteiger partial charge in [-0.15, -0.1) is 11.3 Å². The number of benzene rings is 2. The Hall–Kier alpha value is -2.86. The first-order valence-electron chi connectivity index (χ1n) is 7.61. The van der Waals surface area contributed by atoms with Crippen molar-refractivity contribution < 1.29 is 14.3 Å². The Morgan fingerprint density at radius 2 is 1.84 bits per heavy atom. The van der Waals surface area contributed by atoms with Gasteiger partial charge in [0.05, 0.1) is 5.39 Å². The summed E-state index contributed by atoms with van der Waals surface area (Å²) in [6.07, 6.45) is 0. The highest BCUT2D eigenvalue weighted by Crippen LogP contribution is 2.33. The summed E-state index contributed by atoms with van der Waals surface area (Å²) in [5.74, 6) is -0.327. The lowest BCUT2D eigenvalue weighted by Crippen LogP contribution is -2.09. The third-order valence-corrected chi connectivity index (χ3v) is 4.79. The van der Waals surface area contributed by atoms with Crippen molar-refractivity contribution in [3.05, 3.63) is 57.9 Å². The first-order chi connectivity index (χ1) is 11.9. The smallest absolute Gasteiger partial charge is 0.308 e. The van der Waals surface area contributed by atoms with E-state index in [4.69, 9.17) is 4.74 Å². The van der Waals surface area contributed by atoms with Crippen LogP contribution in [0.1, 0.15) is 29.8 Å². The zero-order valence-corrected chi connectivity index (χ0v) is 14.8. The molecule has 6 heteroatoms. The van der Waals surface area contributed by atoms with E-state index in [1.54, 1.807) is 25.1 Å². The van der Waals surface area contributed by atoms with Crippen LogP contribution in [0.2, 0.25) is 0 Å². The predicted molar refractivity (Wildman–Crippen MR) is 97.4 cm³/mol. The Labute approximate surface area is 147 Å². The Balaban J connectivity index is 2.26. The highest BCUT2D eigenvalue weighted by Gasteiger charge is 2.17. The molecule has 1 aromatic heterocycles. The SMILES string of the molecule is CC(=O)Oc1cc(C(C)=O)c(-c2nc(=O)c3ccccc3s2)cc1C. The standard InChI is InChI=1S/C19H15NO4S/c1-10-8-15(14(11(2)21)9-16(10)24-12(3)22)19-20-18(23)13-6-4-5-7-17(13)25-19/h4-9H,1-3H3. The lowest BCUT2D eigenvalue weighted by Gasteiger charge is -2.12. The quantitative estimate of drug-likeness (QED) is 0.407. The summed E-state index contributed by atoms with van der Waals surface area (Å²) in [5.41, 5.74) is 1.28. The number of hydrogen-bond acceptors (Lipinski definition) is 6. The van der Waals surface area contributed by atoms with E-state index >= 15 is 0 Å². The number of aryl methyl sites for hydroxylation is 1. The maximum Gasteiger partial charge on any atom is 0.308 e. The van der Waals surface area contributed by atoms with Crippen molar-refractivity contribution in [3.8, 4) is 16.3 Å². The van der Waals surface area contributed by atoms with Crippen LogP contribution in [0.5, 0.6) is 5.75 Å². The van der Waals surface area contributed by atoms with Gasteiger partial charge in [0, 0.05) is 22.8 Å². The summed E-state index contributed by atoms with van der Waals surface area (Å²) >= 11 is 1.34. The number of carbonyl (C=O) groups is 2. The second kappa shape index (κ2) is 6.57. The van der Waals surface area contributed by atoms with E-state index in [0.29, 0.717) is 32.8 Å². The van der Waals surface area contributed by atoms with Crippen LogP contribution in [0.25, 0.3) is 20.7 Å². The molecule has 25 heavy (non-hydrogen) atoms. The number of aromatic nitrogens is 1. The molecular formula is C19H15NO4S. The van der Waals surface area contributed by atoms with Gasteiger partial charge in [0.1, 0.15) is 10.8 Å². The summed E-state index contributed by atoms with van der Waals surface area (Å²) in [5, 5.41) is 1.01. The van der Waals surface area contributed by atoms with Gasteiger partial charge in [-0.25, -0.2) is 0 Å². The number of nitrogens with zero attached hydrogens (tertiary/aromatic N) is 1. The molecule has 0 aliphatic carbocycles.